The van der Waals surface area contributed by atoms with Crippen molar-refractivity contribution in [2.45, 2.75) is 33.1 Å². The molecule has 0 aliphatic heterocycles. The first-order chi connectivity index (χ1) is 5.31. The van der Waals surface area contributed by atoms with Crippen LogP contribution in [0, 0.1) is 0 Å². The summed E-state index contributed by atoms with van der Waals surface area (Å²) in [6, 6.07) is 0. The van der Waals surface area contributed by atoms with Gasteiger partial charge in [0.15, 0.2) is 0 Å². The van der Waals surface area contributed by atoms with Gasteiger partial charge in [-0.25, -0.2) is 0 Å². The first kappa shape index (κ1) is 10.2. The van der Waals surface area contributed by atoms with E-state index in [1.807, 2.05) is 26.0 Å². The molecule has 0 unspecified atom stereocenters. The topological polar surface area (TPSA) is 26.3 Å². The van der Waals surface area contributed by atoms with Crippen LogP contribution in [0.5, 0.6) is 0 Å². The summed E-state index contributed by atoms with van der Waals surface area (Å²) < 4.78 is 4.86. The fourth-order valence-corrected chi connectivity index (χ4v) is 0.652. The zero-order valence-corrected chi connectivity index (χ0v) is 7.30. The maximum Gasteiger partial charge on any atom is 0.306 e. The molecule has 0 aromatic heterocycles. The van der Waals surface area contributed by atoms with Crippen LogP contribution in [0.1, 0.15) is 33.1 Å². The predicted molar refractivity (Wildman–Crippen MR) is 45.3 cm³/mol. The molecule has 0 amide bonds. The molecule has 2 heteroatoms. The van der Waals surface area contributed by atoms with Crippen LogP contribution in [0.3, 0.4) is 0 Å². The highest BCUT2D eigenvalue weighted by Gasteiger charge is 1.96. The summed E-state index contributed by atoms with van der Waals surface area (Å²) in [6.07, 6.45) is 6.23. The fourth-order valence-electron chi connectivity index (χ4n) is 0.652. The third-order valence-electron chi connectivity index (χ3n) is 1.20. The Balaban J connectivity index is 3.24. The van der Waals surface area contributed by atoms with Crippen LogP contribution in [0.15, 0.2) is 12.2 Å². The van der Waals surface area contributed by atoms with Crippen molar-refractivity contribution in [1.29, 1.82) is 0 Å². The number of esters is 1. The van der Waals surface area contributed by atoms with Gasteiger partial charge in [0.1, 0.15) is 6.61 Å². The lowest BCUT2D eigenvalue weighted by Gasteiger charge is -1.98. The Morgan fingerprint density at radius 2 is 2.09 bits per heavy atom. The molecule has 0 saturated carbocycles. The number of hydrogen-bond donors (Lipinski definition) is 0. The molecule has 0 aliphatic rings. The van der Waals surface area contributed by atoms with Crippen molar-refractivity contribution >= 4 is 5.97 Å². The van der Waals surface area contributed by atoms with Crippen LogP contribution in [-0.2, 0) is 9.53 Å². The van der Waals surface area contributed by atoms with E-state index < -0.39 is 0 Å². The van der Waals surface area contributed by atoms with Crippen molar-refractivity contribution in [2.24, 2.45) is 0 Å². The lowest BCUT2D eigenvalue weighted by atomic mass is 10.3. The first-order valence-electron chi connectivity index (χ1n) is 4.11. The molecular weight excluding hydrogens is 140 g/mol. The fraction of sp³-hybridized carbons (Fsp3) is 0.667. The normalized spacial score (nSPS) is 10.4. The Kier molecular flexibility index (Phi) is 6.79. The van der Waals surface area contributed by atoms with E-state index in [1.54, 1.807) is 0 Å². The van der Waals surface area contributed by atoms with Crippen molar-refractivity contribution in [3.63, 3.8) is 0 Å². The lowest BCUT2D eigenvalue weighted by Crippen LogP contribution is -2.02. The zero-order chi connectivity index (χ0) is 8.53. The SMILES string of the molecule is CC/C=C\COC(=O)CCC. The summed E-state index contributed by atoms with van der Waals surface area (Å²) in [4.78, 5) is 10.8. The molecule has 0 aliphatic carbocycles. The van der Waals surface area contributed by atoms with Gasteiger partial charge in [0.25, 0.3) is 0 Å². The Morgan fingerprint density at radius 3 is 2.64 bits per heavy atom. The minimum atomic E-state index is -0.103. The van der Waals surface area contributed by atoms with Gasteiger partial charge in [0, 0.05) is 6.42 Å². The summed E-state index contributed by atoms with van der Waals surface area (Å²) in [5.41, 5.74) is 0. The quantitative estimate of drug-likeness (QED) is 0.451. The number of hydrogen-bond acceptors (Lipinski definition) is 2. The molecule has 0 fully saturated rings. The minimum absolute atomic E-state index is 0.103. The van der Waals surface area contributed by atoms with Gasteiger partial charge in [0.2, 0.25) is 0 Å². The molecule has 0 saturated heterocycles. The van der Waals surface area contributed by atoms with E-state index in [4.69, 9.17) is 4.74 Å². The second-order valence-electron chi connectivity index (χ2n) is 2.31. The molecule has 0 heterocycles. The number of carbonyl (C=O) groups is 1. The average molecular weight is 156 g/mol. The van der Waals surface area contributed by atoms with Crippen LogP contribution in [-0.4, -0.2) is 12.6 Å². The van der Waals surface area contributed by atoms with Crippen LogP contribution in [0.2, 0.25) is 0 Å². The van der Waals surface area contributed by atoms with Gasteiger partial charge in [-0.1, -0.05) is 26.0 Å². The molecule has 0 aromatic carbocycles. The van der Waals surface area contributed by atoms with Gasteiger partial charge < -0.3 is 4.74 Å². The summed E-state index contributed by atoms with van der Waals surface area (Å²) in [5.74, 6) is -0.103. The summed E-state index contributed by atoms with van der Waals surface area (Å²) in [5, 5.41) is 0. The van der Waals surface area contributed by atoms with Gasteiger partial charge in [-0.15, -0.1) is 0 Å². The molecule has 0 bridgehead atoms. The average Bonchev–Trinajstić information content (AvgIpc) is 1.99. The molecule has 0 aromatic rings. The van der Waals surface area contributed by atoms with E-state index in [1.165, 1.54) is 0 Å². The van der Waals surface area contributed by atoms with Gasteiger partial charge in [0.05, 0.1) is 0 Å². The van der Waals surface area contributed by atoms with Crippen molar-refractivity contribution in [3.05, 3.63) is 12.2 Å². The number of rotatable bonds is 5. The number of ether oxygens (including phenoxy) is 1. The monoisotopic (exact) mass is 156 g/mol. The van der Waals surface area contributed by atoms with Gasteiger partial charge in [-0.2, -0.15) is 0 Å². The molecule has 64 valence electrons. The van der Waals surface area contributed by atoms with E-state index >= 15 is 0 Å². The van der Waals surface area contributed by atoms with Crippen LogP contribution in [0.25, 0.3) is 0 Å². The molecule has 0 atom stereocenters. The van der Waals surface area contributed by atoms with Crippen molar-refractivity contribution in [2.75, 3.05) is 6.61 Å². The molecule has 0 radical (unpaired) electrons. The Bertz CT molecular complexity index is 128. The second kappa shape index (κ2) is 7.32. The largest absolute Gasteiger partial charge is 0.461 e. The van der Waals surface area contributed by atoms with Gasteiger partial charge in [-0.05, 0) is 12.8 Å². The Morgan fingerprint density at radius 1 is 1.36 bits per heavy atom. The number of allylic oxidation sites excluding steroid dienone is 1. The summed E-state index contributed by atoms with van der Waals surface area (Å²) in [7, 11) is 0. The Hall–Kier alpha value is -0.790. The highest BCUT2D eigenvalue weighted by Crippen LogP contribution is 1.91. The van der Waals surface area contributed by atoms with Gasteiger partial charge >= 0.3 is 5.97 Å². The minimum Gasteiger partial charge on any atom is -0.461 e. The third kappa shape index (κ3) is 7.10. The standard InChI is InChI=1S/C9H16O2/c1-3-5-6-8-11-9(10)7-4-2/h5-6H,3-4,7-8H2,1-2H3/b6-5-. The van der Waals surface area contributed by atoms with E-state index in [-0.39, 0.29) is 5.97 Å². The highest BCUT2D eigenvalue weighted by molar-refractivity contribution is 5.69. The molecule has 0 spiro atoms. The van der Waals surface area contributed by atoms with E-state index in [9.17, 15) is 4.79 Å². The van der Waals surface area contributed by atoms with Crippen molar-refractivity contribution < 1.29 is 9.53 Å². The third-order valence-corrected chi connectivity index (χ3v) is 1.20. The van der Waals surface area contributed by atoms with E-state index in [2.05, 4.69) is 0 Å². The molecule has 0 rings (SSSR count). The first-order valence-corrected chi connectivity index (χ1v) is 4.11. The molecule has 2 nitrogen and oxygen atoms in total. The molecule has 11 heavy (non-hydrogen) atoms. The molecule has 0 N–H and O–H groups in total. The van der Waals surface area contributed by atoms with Crippen LogP contribution >= 0.6 is 0 Å². The maximum absolute atomic E-state index is 10.8. The van der Waals surface area contributed by atoms with Crippen LogP contribution < -0.4 is 0 Å². The van der Waals surface area contributed by atoms with Crippen LogP contribution in [0.4, 0.5) is 0 Å². The second-order valence-corrected chi connectivity index (χ2v) is 2.31. The van der Waals surface area contributed by atoms with Gasteiger partial charge in [-0.3, -0.25) is 4.79 Å². The Labute approximate surface area is 68.2 Å². The zero-order valence-electron chi connectivity index (χ0n) is 7.30. The number of carbonyl (C=O) groups excluding carboxylic acids is 1. The van der Waals surface area contributed by atoms with Crippen molar-refractivity contribution in [3.8, 4) is 0 Å². The smallest absolute Gasteiger partial charge is 0.306 e. The highest BCUT2D eigenvalue weighted by atomic mass is 16.5. The van der Waals surface area contributed by atoms with E-state index in [0.717, 1.165) is 12.8 Å². The maximum atomic E-state index is 10.8. The summed E-state index contributed by atoms with van der Waals surface area (Å²) in [6.45, 7) is 4.43. The predicted octanol–water partition coefficient (Wildman–Crippen LogP) is 2.30. The van der Waals surface area contributed by atoms with E-state index in [0.29, 0.717) is 13.0 Å². The molecular formula is C9H16O2. The van der Waals surface area contributed by atoms with Crippen molar-refractivity contribution in [1.82, 2.24) is 0 Å². The lowest BCUT2D eigenvalue weighted by molar-refractivity contribution is -0.142. The summed E-state index contributed by atoms with van der Waals surface area (Å²) >= 11 is 0.